The van der Waals surface area contributed by atoms with Crippen LogP contribution in [0.4, 0.5) is 13.2 Å². The molecule has 1 amide bonds. The van der Waals surface area contributed by atoms with Gasteiger partial charge in [0.05, 0.1) is 28.5 Å². The zero-order valence-corrected chi connectivity index (χ0v) is 15.6. The number of halogens is 3. The number of alkyl halides is 3. The maximum Gasteiger partial charge on any atom is 0.573 e. The van der Waals surface area contributed by atoms with Gasteiger partial charge in [0.25, 0.3) is 5.91 Å². The van der Waals surface area contributed by atoms with E-state index in [1.54, 1.807) is 18.2 Å². The van der Waals surface area contributed by atoms with Gasteiger partial charge in [-0.2, -0.15) is 0 Å². The molecule has 1 heterocycles. The van der Waals surface area contributed by atoms with Crippen LogP contribution in [-0.2, 0) is 0 Å². The highest BCUT2D eigenvalue weighted by Crippen LogP contribution is 2.24. The van der Waals surface area contributed by atoms with Crippen molar-refractivity contribution in [3.63, 3.8) is 0 Å². The monoisotopic (exact) mass is 405 g/mol. The minimum Gasteiger partial charge on any atom is -0.406 e. The van der Waals surface area contributed by atoms with E-state index < -0.39 is 18.4 Å². The molecule has 29 heavy (non-hydrogen) atoms. The summed E-state index contributed by atoms with van der Waals surface area (Å²) < 4.78 is 40.3. The number of benzene rings is 2. The summed E-state index contributed by atoms with van der Waals surface area (Å²) in [6.45, 7) is 3.57. The van der Waals surface area contributed by atoms with Crippen LogP contribution in [0.5, 0.6) is 5.75 Å². The van der Waals surface area contributed by atoms with E-state index in [9.17, 15) is 23.1 Å². The summed E-state index contributed by atoms with van der Waals surface area (Å²) in [5.74, 6) is -0.803. The van der Waals surface area contributed by atoms with E-state index >= 15 is 0 Å². The molecule has 0 saturated heterocycles. The fourth-order valence-corrected chi connectivity index (χ4v) is 2.67. The van der Waals surface area contributed by atoms with Crippen molar-refractivity contribution < 1.29 is 27.8 Å². The van der Waals surface area contributed by atoms with Crippen molar-refractivity contribution in [3.8, 4) is 5.75 Å². The third-order valence-electron chi connectivity index (χ3n) is 4.29. The molecule has 0 aliphatic heterocycles. The normalized spacial score (nSPS) is 12.6. The molecule has 1 unspecified atom stereocenters. The quantitative estimate of drug-likeness (QED) is 0.678. The number of fused-ring (bicyclic) bond motifs is 1. The van der Waals surface area contributed by atoms with E-state index in [-0.39, 0.29) is 12.3 Å². The summed E-state index contributed by atoms with van der Waals surface area (Å²) in [7, 11) is 0. The maximum atomic E-state index is 12.4. The Morgan fingerprint density at radius 3 is 2.31 bits per heavy atom. The molecule has 3 rings (SSSR count). The van der Waals surface area contributed by atoms with Gasteiger partial charge >= 0.3 is 6.36 Å². The van der Waals surface area contributed by atoms with Crippen LogP contribution in [0.15, 0.2) is 42.5 Å². The number of hydrogen-bond donors (Lipinski definition) is 2. The third kappa shape index (κ3) is 5.20. The van der Waals surface area contributed by atoms with Crippen molar-refractivity contribution in [2.45, 2.75) is 26.3 Å². The van der Waals surface area contributed by atoms with Crippen LogP contribution in [0.1, 0.15) is 33.4 Å². The molecule has 152 valence electrons. The number of carbonyl (C=O) groups is 1. The number of rotatable bonds is 5. The number of amides is 1. The zero-order chi connectivity index (χ0) is 21.2. The van der Waals surface area contributed by atoms with Crippen LogP contribution in [0, 0.1) is 13.8 Å². The molecule has 6 nitrogen and oxygen atoms in total. The number of aromatic nitrogens is 2. The molecule has 9 heteroatoms. The lowest BCUT2D eigenvalue weighted by Crippen LogP contribution is -2.28. The van der Waals surface area contributed by atoms with E-state index in [2.05, 4.69) is 20.0 Å². The van der Waals surface area contributed by atoms with Crippen molar-refractivity contribution in [2.75, 3.05) is 6.54 Å². The smallest absolute Gasteiger partial charge is 0.406 e. The van der Waals surface area contributed by atoms with Crippen LogP contribution in [0.2, 0.25) is 0 Å². The van der Waals surface area contributed by atoms with Gasteiger partial charge in [-0.1, -0.05) is 12.1 Å². The molecule has 0 aliphatic rings. The highest BCUT2D eigenvalue weighted by atomic mass is 19.4. The number of carbonyl (C=O) groups excluding carboxylic acids is 1. The number of aryl methyl sites for hydroxylation is 2. The number of hydrogen-bond acceptors (Lipinski definition) is 5. The second kappa shape index (κ2) is 8.04. The first-order valence-electron chi connectivity index (χ1n) is 8.69. The van der Waals surface area contributed by atoms with Gasteiger partial charge in [0.2, 0.25) is 0 Å². The van der Waals surface area contributed by atoms with Gasteiger partial charge in [-0.3, -0.25) is 4.79 Å². The Bertz CT molecular complexity index is 1040. The number of ether oxygens (including phenoxy) is 1. The minimum absolute atomic E-state index is 0.116. The van der Waals surface area contributed by atoms with E-state index in [1.807, 2.05) is 13.8 Å². The Labute approximate surface area is 164 Å². The number of aliphatic hydroxyl groups excluding tert-OH is 1. The second-order valence-electron chi connectivity index (χ2n) is 6.44. The zero-order valence-electron chi connectivity index (χ0n) is 15.6. The van der Waals surface area contributed by atoms with Crippen molar-refractivity contribution in [1.29, 1.82) is 0 Å². The standard InChI is InChI=1S/C20H18F3N3O3/c1-11-12(2)26-17-9-14(5-8-16(17)25-11)19(28)24-10-18(27)13-3-6-15(7-4-13)29-20(21,22)23/h3-9,18,27H,10H2,1-2H3,(H,24,28). The highest BCUT2D eigenvalue weighted by Gasteiger charge is 2.31. The predicted octanol–water partition coefficient (Wildman–Crippen LogP) is 3.61. The first kappa shape index (κ1) is 20.5. The number of nitrogens with one attached hydrogen (secondary N) is 1. The Balaban J connectivity index is 1.64. The van der Waals surface area contributed by atoms with Gasteiger partial charge in [-0.05, 0) is 49.7 Å². The van der Waals surface area contributed by atoms with Gasteiger partial charge in [-0.15, -0.1) is 13.2 Å². The molecule has 1 aromatic heterocycles. The molecule has 2 N–H and O–H groups in total. The second-order valence-corrected chi connectivity index (χ2v) is 6.44. The molecule has 0 radical (unpaired) electrons. The topological polar surface area (TPSA) is 84.3 Å². The van der Waals surface area contributed by atoms with Gasteiger partial charge in [-0.25, -0.2) is 9.97 Å². The lowest BCUT2D eigenvalue weighted by Gasteiger charge is -2.14. The molecule has 0 aliphatic carbocycles. The van der Waals surface area contributed by atoms with E-state index in [4.69, 9.17) is 0 Å². The maximum absolute atomic E-state index is 12.4. The first-order chi connectivity index (χ1) is 13.6. The number of aliphatic hydroxyl groups is 1. The van der Waals surface area contributed by atoms with Crippen LogP contribution in [0.25, 0.3) is 11.0 Å². The Morgan fingerprint density at radius 1 is 1.07 bits per heavy atom. The third-order valence-corrected chi connectivity index (χ3v) is 4.29. The summed E-state index contributed by atoms with van der Waals surface area (Å²) in [6.07, 6.45) is -5.88. The summed E-state index contributed by atoms with van der Waals surface area (Å²) in [5.41, 5.74) is 3.53. The summed E-state index contributed by atoms with van der Waals surface area (Å²) in [5, 5.41) is 12.8. The van der Waals surface area contributed by atoms with Gasteiger partial charge in [0.15, 0.2) is 0 Å². The SMILES string of the molecule is Cc1nc2ccc(C(=O)NCC(O)c3ccc(OC(F)(F)F)cc3)cc2nc1C. The van der Waals surface area contributed by atoms with Crippen LogP contribution in [0.3, 0.4) is 0 Å². The highest BCUT2D eigenvalue weighted by molar-refractivity contribution is 5.97. The molecular formula is C20H18F3N3O3. The van der Waals surface area contributed by atoms with Gasteiger partial charge < -0.3 is 15.2 Å². The summed E-state index contributed by atoms with van der Waals surface area (Å²) >= 11 is 0. The number of nitrogens with zero attached hydrogens (tertiary/aromatic N) is 2. The average Bonchev–Trinajstić information content (AvgIpc) is 2.65. The van der Waals surface area contributed by atoms with Crippen molar-refractivity contribution in [2.24, 2.45) is 0 Å². The van der Waals surface area contributed by atoms with E-state index in [1.165, 1.54) is 12.1 Å². The molecule has 0 saturated carbocycles. The van der Waals surface area contributed by atoms with E-state index in [0.717, 1.165) is 23.5 Å². The Hall–Kier alpha value is -3.20. The van der Waals surface area contributed by atoms with Crippen molar-refractivity contribution in [3.05, 3.63) is 65.0 Å². The van der Waals surface area contributed by atoms with Gasteiger partial charge in [0.1, 0.15) is 5.75 Å². The van der Waals surface area contributed by atoms with E-state index in [0.29, 0.717) is 22.2 Å². The first-order valence-corrected chi connectivity index (χ1v) is 8.69. The largest absolute Gasteiger partial charge is 0.573 e. The summed E-state index contributed by atoms with van der Waals surface area (Å²) in [4.78, 5) is 21.2. The van der Waals surface area contributed by atoms with Crippen LogP contribution < -0.4 is 10.1 Å². The molecular weight excluding hydrogens is 387 g/mol. The van der Waals surface area contributed by atoms with Crippen molar-refractivity contribution >= 4 is 16.9 Å². The molecule has 3 aromatic rings. The fourth-order valence-electron chi connectivity index (χ4n) is 2.67. The lowest BCUT2D eigenvalue weighted by molar-refractivity contribution is -0.274. The molecule has 0 fully saturated rings. The molecule has 0 bridgehead atoms. The lowest BCUT2D eigenvalue weighted by atomic mass is 10.1. The molecule has 0 spiro atoms. The van der Waals surface area contributed by atoms with Crippen molar-refractivity contribution in [1.82, 2.24) is 15.3 Å². The fraction of sp³-hybridized carbons (Fsp3) is 0.250. The van der Waals surface area contributed by atoms with Crippen LogP contribution >= 0.6 is 0 Å². The average molecular weight is 405 g/mol. The Morgan fingerprint density at radius 2 is 1.69 bits per heavy atom. The minimum atomic E-state index is -4.78. The summed E-state index contributed by atoms with van der Waals surface area (Å²) in [6, 6.07) is 9.71. The van der Waals surface area contributed by atoms with Crippen LogP contribution in [-0.4, -0.2) is 33.9 Å². The predicted molar refractivity (Wildman–Crippen MR) is 99.4 cm³/mol. The molecule has 1 atom stereocenters. The molecule has 2 aromatic carbocycles. The Kier molecular flexibility index (Phi) is 5.69. The van der Waals surface area contributed by atoms with Gasteiger partial charge in [0, 0.05) is 12.1 Å².